The molecule has 0 aliphatic carbocycles. The summed E-state index contributed by atoms with van der Waals surface area (Å²) in [5, 5.41) is 8.71. The van der Waals surface area contributed by atoms with Gasteiger partial charge in [0, 0.05) is 11.9 Å². The number of anilines is 1. The number of benzene rings is 1. The first-order valence-electron chi connectivity index (χ1n) is 5.55. The molecule has 0 atom stereocenters. The topological polar surface area (TPSA) is 71.9 Å². The Kier molecular flexibility index (Phi) is 3.44. The first-order chi connectivity index (χ1) is 8.70. The lowest BCUT2D eigenvalue weighted by Gasteiger charge is -2.09. The Morgan fingerprint density at radius 3 is 2.94 bits per heavy atom. The van der Waals surface area contributed by atoms with Crippen molar-refractivity contribution in [1.82, 2.24) is 4.98 Å². The molecule has 2 aromatic rings. The van der Waals surface area contributed by atoms with E-state index >= 15 is 0 Å². The monoisotopic (exact) mass is 239 g/mol. The third kappa shape index (κ3) is 2.58. The lowest BCUT2D eigenvalue weighted by molar-refractivity contribution is 0.475. The van der Waals surface area contributed by atoms with E-state index in [4.69, 9.17) is 15.7 Å². The van der Waals surface area contributed by atoms with Crippen LogP contribution in [-0.2, 0) is 6.42 Å². The molecular weight excluding hydrogens is 226 g/mol. The molecule has 0 saturated carbocycles. The number of aryl methyl sites for hydroxylation is 1. The number of rotatable bonds is 3. The third-order valence-corrected chi connectivity index (χ3v) is 2.57. The molecular formula is C14H13N3O. The number of hydrogen-bond donors (Lipinski definition) is 1. The summed E-state index contributed by atoms with van der Waals surface area (Å²) in [5.74, 6) is 1.36. The zero-order chi connectivity index (χ0) is 13.0. The van der Waals surface area contributed by atoms with Crippen LogP contribution >= 0.6 is 0 Å². The average molecular weight is 239 g/mol. The molecule has 0 amide bonds. The van der Waals surface area contributed by atoms with Gasteiger partial charge in [-0.3, -0.25) is 4.98 Å². The second kappa shape index (κ2) is 5.19. The van der Waals surface area contributed by atoms with Crippen molar-refractivity contribution in [2.45, 2.75) is 13.3 Å². The molecule has 0 aliphatic rings. The van der Waals surface area contributed by atoms with Crippen LogP contribution in [0, 0.1) is 18.3 Å². The molecule has 4 nitrogen and oxygen atoms in total. The quantitative estimate of drug-likeness (QED) is 0.836. The van der Waals surface area contributed by atoms with Gasteiger partial charge < -0.3 is 10.5 Å². The number of hydrogen-bond acceptors (Lipinski definition) is 4. The van der Waals surface area contributed by atoms with Gasteiger partial charge in [0.2, 0.25) is 0 Å². The Bertz CT molecular complexity index is 602. The predicted octanol–water partition coefficient (Wildman–Crippen LogP) is 2.83. The fourth-order valence-corrected chi connectivity index (χ4v) is 1.59. The molecule has 1 aromatic carbocycles. The lowest BCUT2D eigenvalue weighted by Crippen LogP contribution is -1.95. The van der Waals surface area contributed by atoms with Gasteiger partial charge in [0.05, 0.1) is 18.2 Å². The van der Waals surface area contributed by atoms with E-state index in [1.807, 2.05) is 19.1 Å². The van der Waals surface area contributed by atoms with Gasteiger partial charge in [-0.25, -0.2) is 0 Å². The highest BCUT2D eigenvalue weighted by Gasteiger charge is 2.05. The Morgan fingerprint density at radius 1 is 1.39 bits per heavy atom. The molecule has 4 heteroatoms. The zero-order valence-corrected chi connectivity index (χ0v) is 10.1. The predicted molar refractivity (Wildman–Crippen MR) is 69.2 cm³/mol. The van der Waals surface area contributed by atoms with E-state index < -0.39 is 0 Å². The van der Waals surface area contributed by atoms with Crippen molar-refractivity contribution in [2.75, 3.05) is 5.73 Å². The molecule has 1 heterocycles. The van der Waals surface area contributed by atoms with Gasteiger partial charge in [0.15, 0.2) is 0 Å². The van der Waals surface area contributed by atoms with Gasteiger partial charge in [-0.15, -0.1) is 0 Å². The standard InChI is InChI=1S/C14H13N3O/c1-10-14(3-2-8-17-10)18-12-4-5-13(16)11(9-12)6-7-15/h2-5,8-9H,6,16H2,1H3. The molecule has 2 N–H and O–H groups in total. The van der Waals surface area contributed by atoms with Gasteiger partial charge in [-0.1, -0.05) is 0 Å². The van der Waals surface area contributed by atoms with E-state index in [9.17, 15) is 0 Å². The number of nitrogens with zero attached hydrogens (tertiary/aromatic N) is 2. The van der Waals surface area contributed by atoms with E-state index in [0.717, 1.165) is 11.3 Å². The fourth-order valence-electron chi connectivity index (χ4n) is 1.59. The van der Waals surface area contributed by atoms with Crippen LogP contribution in [0.2, 0.25) is 0 Å². The SMILES string of the molecule is Cc1ncccc1Oc1ccc(N)c(CC#N)c1. The first kappa shape index (κ1) is 11.9. The first-order valence-corrected chi connectivity index (χ1v) is 5.55. The number of pyridine rings is 1. The van der Waals surface area contributed by atoms with Gasteiger partial charge in [-0.2, -0.15) is 5.26 Å². The second-order valence-electron chi connectivity index (χ2n) is 3.88. The average Bonchev–Trinajstić information content (AvgIpc) is 2.36. The van der Waals surface area contributed by atoms with Crippen molar-refractivity contribution >= 4 is 5.69 Å². The molecule has 90 valence electrons. The molecule has 0 fully saturated rings. The lowest BCUT2D eigenvalue weighted by atomic mass is 10.1. The van der Waals surface area contributed by atoms with Gasteiger partial charge in [-0.05, 0) is 42.8 Å². The smallest absolute Gasteiger partial charge is 0.148 e. The molecule has 2 rings (SSSR count). The second-order valence-corrected chi connectivity index (χ2v) is 3.88. The number of ether oxygens (including phenoxy) is 1. The minimum absolute atomic E-state index is 0.273. The van der Waals surface area contributed by atoms with Crippen LogP contribution in [0.5, 0.6) is 11.5 Å². The minimum atomic E-state index is 0.273. The molecule has 1 aromatic heterocycles. The van der Waals surface area contributed by atoms with Crippen LogP contribution in [0.25, 0.3) is 0 Å². The summed E-state index contributed by atoms with van der Waals surface area (Å²) >= 11 is 0. The normalized spacial score (nSPS) is 9.78. The van der Waals surface area contributed by atoms with Gasteiger partial charge in [0.25, 0.3) is 0 Å². The number of nitriles is 1. The van der Waals surface area contributed by atoms with Gasteiger partial charge in [0.1, 0.15) is 11.5 Å². The maximum atomic E-state index is 8.71. The van der Waals surface area contributed by atoms with Crippen LogP contribution in [-0.4, -0.2) is 4.98 Å². The maximum Gasteiger partial charge on any atom is 0.148 e. The molecule has 0 spiro atoms. The Morgan fingerprint density at radius 2 is 2.22 bits per heavy atom. The summed E-state index contributed by atoms with van der Waals surface area (Å²) in [6.07, 6.45) is 1.99. The highest BCUT2D eigenvalue weighted by atomic mass is 16.5. The largest absolute Gasteiger partial charge is 0.455 e. The molecule has 0 aliphatic heterocycles. The summed E-state index contributed by atoms with van der Waals surface area (Å²) in [6.45, 7) is 1.88. The van der Waals surface area contributed by atoms with Crippen LogP contribution in [0.3, 0.4) is 0 Å². The van der Waals surface area contributed by atoms with E-state index in [1.54, 1.807) is 24.4 Å². The Balaban J connectivity index is 2.28. The van der Waals surface area contributed by atoms with Crippen LogP contribution < -0.4 is 10.5 Å². The fraction of sp³-hybridized carbons (Fsp3) is 0.143. The zero-order valence-electron chi connectivity index (χ0n) is 10.1. The summed E-state index contributed by atoms with van der Waals surface area (Å²) in [5.41, 5.74) is 7.97. The summed E-state index contributed by atoms with van der Waals surface area (Å²) < 4.78 is 5.72. The maximum absolute atomic E-state index is 8.71. The van der Waals surface area contributed by atoms with Gasteiger partial charge >= 0.3 is 0 Å². The summed E-state index contributed by atoms with van der Waals surface area (Å²) in [6, 6.07) is 11.1. The van der Waals surface area contributed by atoms with Crippen molar-refractivity contribution in [1.29, 1.82) is 5.26 Å². The molecule has 0 unspecified atom stereocenters. The van der Waals surface area contributed by atoms with Crippen molar-refractivity contribution in [3.8, 4) is 17.6 Å². The van der Waals surface area contributed by atoms with E-state index in [1.165, 1.54) is 0 Å². The number of nitrogen functional groups attached to an aromatic ring is 1. The van der Waals surface area contributed by atoms with Crippen molar-refractivity contribution in [3.05, 3.63) is 47.8 Å². The van der Waals surface area contributed by atoms with Crippen molar-refractivity contribution in [3.63, 3.8) is 0 Å². The summed E-state index contributed by atoms with van der Waals surface area (Å²) in [4.78, 5) is 4.15. The third-order valence-electron chi connectivity index (χ3n) is 2.57. The highest BCUT2D eigenvalue weighted by Crippen LogP contribution is 2.26. The Hall–Kier alpha value is -2.54. The molecule has 0 bridgehead atoms. The highest BCUT2D eigenvalue weighted by molar-refractivity contribution is 5.52. The summed E-state index contributed by atoms with van der Waals surface area (Å²) in [7, 11) is 0. The number of aromatic nitrogens is 1. The van der Waals surface area contributed by atoms with E-state index in [-0.39, 0.29) is 6.42 Å². The van der Waals surface area contributed by atoms with Crippen LogP contribution in [0.15, 0.2) is 36.5 Å². The van der Waals surface area contributed by atoms with Crippen molar-refractivity contribution in [2.24, 2.45) is 0 Å². The minimum Gasteiger partial charge on any atom is -0.455 e. The van der Waals surface area contributed by atoms with E-state index in [0.29, 0.717) is 17.2 Å². The Labute approximate surface area is 106 Å². The number of nitrogens with two attached hydrogens (primary N) is 1. The van der Waals surface area contributed by atoms with Crippen LogP contribution in [0.1, 0.15) is 11.3 Å². The molecule has 0 saturated heterocycles. The van der Waals surface area contributed by atoms with E-state index in [2.05, 4.69) is 11.1 Å². The molecule has 18 heavy (non-hydrogen) atoms. The van der Waals surface area contributed by atoms with Crippen LogP contribution in [0.4, 0.5) is 5.69 Å². The molecule has 0 radical (unpaired) electrons. The van der Waals surface area contributed by atoms with Crippen molar-refractivity contribution < 1.29 is 4.74 Å².